The number of hydrogen-bond donors (Lipinski definition) is 1. The summed E-state index contributed by atoms with van der Waals surface area (Å²) in [5.41, 5.74) is 9.34. The van der Waals surface area contributed by atoms with E-state index in [0.29, 0.717) is 6.54 Å². The molecule has 0 rings (SSSR count). The molecule has 1 heteroatoms. The van der Waals surface area contributed by atoms with Crippen LogP contribution in [-0.2, 0) is 0 Å². The molecule has 0 bridgehead atoms. The van der Waals surface area contributed by atoms with Crippen LogP contribution in [0.15, 0.2) is 23.3 Å². The standard InChI is InChI=1S/C9H17N/c1-7(2)5-9(6-10)8(3)4/h1,5-6,10H2,2-4H3. The van der Waals surface area contributed by atoms with Crippen molar-refractivity contribution >= 4 is 0 Å². The first-order valence-electron chi connectivity index (χ1n) is 3.57. The maximum absolute atomic E-state index is 5.52. The van der Waals surface area contributed by atoms with Crippen molar-refractivity contribution < 1.29 is 0 Å². The van der Waals surface area contributed by atoms with Gasteiger partial charge >= 0.3 is 0 Å². The molecule has 2 N–H and O–H groups in total. The molecule has 0 aromatic heterocycles. The number of nitrogens with two attached hydrogens (primary N) is 1. The first-order chi connectivity index (χ1) is 4.57. The third kappa shape index (κ3) is 3.46. The summed E-state index contributed by atoms with van der Waals surface area (Å²) in [5, 5.41) is 0. The van der Waals surface area contributed by atoms with Gasteiger partial charge in [-0.05, 0) is 27.2 Å². The van der Waals surface area contributed by atoms with Crippen LogP contribution in [0.5, 0.6) is 0 Å². The van der Waals surface area contributed by atoms with E-state index in [1.807, 2.05) is 6.92 Å². The third-order valence-corrected chi connectivity index (χ3v) is 1.47. The van der Waals surface area contributed by atoms with Gasteiger partial charge in [0, 0.05) is 6.54 Å². The molecule has 0 atom stereocenters. The molecule has 0 aromatic carbocycles. The van der Waals surface area contributed by atoms with Gasteiger partial charge in [-0.1, -0.05) is 23.3 Å². The molecule has 0 unspecified atom stereocenters. The molecular formula is C9H17N. The van der Waals surface area contributed by atoms with Crippen LogP contribution in [-0.4, -0.2) is 6.54 Å². The largest absolute Gasteiger partial charge is 0.327 e. The highest BCUT2D eigenvalue weighted by atomic mass is 14.5. The van der Waals surface area contributed by atoms with E-state index in [1.54, 1.807) is 0 Å². The van der Waals surface area contributed by atoms with Crippen molar-refractivity contribution in [1.29, 1.82) is 0 Å². The second-order valence-corrected chi connectivity index (χ2v) is 2.94. The SMILES string of the molecule is C=C(C)CC(CN)=C(C)C. The highest BCUT2D eigenvalue weighted by molar-refractivity contribution is 5.17. The van der Waals surface area contributed by atoms with Crippen molar-refractivity contribution in [3.63, 3.8) is 0 Å². The maximum atomic E-state index is 5.52. The predicted molar refractivity (Wildman–Crippen MR) is 46.9 cm³/mol. The first kappa shape index (κ1) is 9.44. The summed E-state index contributed by atoms with van der Waals surface area (Å²) in [5.74, 6) is 0. The Kier molecular flexibility index (Phi) is 4.05. The Morgan fingerprint density at radius 1 is 1.30 bits per heavy atom. The lowest BCUT2D eigenvalue weighted by Gasteiger charge is -2.05. The summed E-state index contributed by atoms with van der Waals surface area (Å²) in [4.78, 5) is 0. The van der Waals surface area contributed by atoms with Crippen LogP contribution < -0.4 is 5.73 Å². The molecule has 0 saturated carbocycles. The molecule has 0 amide bonds. The summed E-state index contributed by atoms with van der Waals surface area (Å²) < 4.78 is 0. The topological polar surface area (TPSA) is 26.0 Å². The molecule has 1 nitrogen and oxygen atoms in total. The molecule has 0 saturated heterocycles. The summed E-state index contributed by atoms with van der Waals surface area (Å²) in [6.45, 7) is 10.7. The lowest BCUT2D eigenvalue weighted by Crippen LogP contribution is -2.04. The van der Waals surface area contributed by atoms with Crippen molar-refractivity contribution in [1.82, 2.24) is 0 Å². The molecular weight excluding hydrogens is 122 g/mol. The van der Waals surface area contributed by atoms with E-state index in [0.717, 1.165) is 6.42 Å². The average molecular weight is 139 g/mol. The Bertz CT molecular complexity index is 150. The van der Waals surface area contributed by atoms with E-state index >= 15 is 0 Å². The van der Waals surface area contributed by atoms with Crippen LogP contribution in [0.4, 0.5) is 0 Å². The normalized spacial score (nSPS) is 9.20. The lowest BCUT2D eigenvalue weighted by atomic mass is 10.0. The fourth-order valence-electron chi connectivity index (χ4n) is 0.817. The van der Waals surface area contributed by atoms with Crippen molar-refractivity contribution in [2.75, 3.05) is 6.54 Å². The highest BCUT2D eigenvalue weighted by Gasteiger charge is 1.96. The van der Waals surface area contributed by atoms with Crippen molar-refractivity contribution in [3.05, 3.63) is 23.3 Å². The van der Waals surface area contributed by atoms with Gasteiger partial charge in [-0.25, -0.2) is 0 Å². The van der Waals surface area contributed by atoms with E-state index in [4.69, 9.17) is 5.73 Å². The minimum atomic E-state index is 0.662. The summed E-state index contributed by atoms with van der Waals surface area (Å²) in [6, 6.07) is 0. The zero-order chi connectivity index (χ0) is 8.15. The van der Waals surface area contributed by atoms with E-state index in [-0.39, 0.29) is 0 Å². The second-order valence-electron chi connectivity index (χ2n) is 2.94. The smallest absolute Gasteiger partial charge is 0.0142 e. The monoisotopic (exact) mass is 139 g/mol. The molecule has 0 heterocycles. The first-order valence-corrected chi connectivity index (χ1v) is 3.57. The van der Waals surface area contributed by atoms with Crippen LogP contribution in [0.1, 0.15) is 27.2 Å². The van der Waals surface area contributed by atoms with Crippen molar-refractivity contribution in [2.24, 2.45) is 5.73 Å². The van der Waals surface area contributed by atoms with E-state index < -0.39 is 0 Å². The van der Waals surface area contributed by atoms with Gasteiger partial charge in [0.25, 0.3) is 0 Å². The van der Waals surface area contributed by atoms with Crippen molar-refractivity contribution in [2.45, 2.75) is 27.2 Å². The molecule has 58 valence electrons. The molecule has 0 aliphatic heterocycles. The number of hydrogen-bond acceptors (Lipinski definition) is 1. The van der Waals surface area contributed by atoms with Crippen LogP contribution in [0.3, 0.4) is 0 Å². The lowest BCUT2D eigenvalue weighted by molar-refractivity contribution is 0.988. The second kappa shape index (κ2) is 4.29. The van der Waals surface area contributed by atoms with Gasteiger partial charge < -0.3 is 5.73 Å². The zero-order valence-corrected chi connectivity index (χ0v) is 7.20. The Balaban J connectivity index is 4.11. The zero-order valence-electron chi connectivity index (χ0n) is 7.20. The Hall–Kier alpha value is -0.560. The molecule has 0 aliphatic rings. The molecule has 0 spiro atoms. The molecule has 0 radical (unpaired) electrons. The van der Waals surface area contributed by atoms with Gasteiger partial charge in [0.05, 0.1) is 0 Å². The Labute approximate surface area is 63.6 Å². The highest BCUT2D eigenvalue weighted by Crippen LogP contribution is 2.11. The third-order valence-electron chi connectivity index (χ3n) is 1.47. The van der Waals surface area contributed by atoms with E-state index in [9.17, 15) is 0 Å². The summed E-state index contributed by atoms with van der Waals surface area (Å²) in [7, 11) is 0. The fraction of sp³-hybridized carbons (Fsp3) is 0.556. The summed E-state index contributed by atoms with van der Waals surface area (Å²) in [6.07, 6.45) is 0.957. The predicted octanol–water partition coefficient (Wildman–Crippen LogP) is 2.25. The Morgan fingerprint density at radius 2 is 1.80 bits per heavy atom. The van der Waals surface area contributed by atoms with E-state index in [1.165, 1.54) is 16.7 Å². The minimum absolute atomic E-state index is 0.662. The summed E-state index contributed by atoms with van der Waals surface area (Å²) >= 11 is 0. The Morgan fingerprint density at radius 3 is 1.90 bits per heavy atom. The van der Waals surface area contributed by atoms with Crippen LogP contribution in [0.25, 0.3) is 0 Å². The quantitative estimate of drug-likeness (QED) is 0.596. The van der Waals surface area contributed by atoms with Gasteiger partial charge in [0.15, 0.2) is 0 Å². The number of rotatable bonds is 3. The van der Waals surface area contributed by atoms with Crippen LogP contribution in [0, 0.1) is 0 Å². The molecule has 0 fully saturated rings. The van der Waals surface area contributed by atoms with Gasteiger partial charge in [-0.15, -0.1) is 0 Å². The molecule has 0 aliphatic carbocycles. The van der Waals surface area contributed by atoms with Gasteiger partial charge in [0.1, 0.15) is 0 Å². The molecule has 0 aromatic rings. The molecule has 10 heavy (non-hydrogen) atoms. The van der Waals surface area contributed by atoms with Crippen molar-refractivity contribution in [3.8, 4) is 0 Å². The van der Waals surface area contributed by atoms with Gasteiger partial charge in [0.2, 0.25) is 0 Å². The van der Waals surface area contributed by atoms with Gasteiger partial charge in [-0.2, -0.15) is 0 Å². The fourth-order valence-corrected chi connectivity index (χ4v) is 0.817. The number of allylic oxidation sites excluding steroid dienone is 2. The van der Waals surface area contributed by atoms with Crippen LogP contribution in [0.2, 0.25) is 0 Å². The van der Waals surface area contributed by atoms with E-state index in [2.05, 4.69) is 20.4 Å². The maximum Gasteiger partial charge on any atom is 0.0142 e. The minimum Gasteiger partial charge on any atom is -0.327 e. The average Bonchev–Trinajstić information content (AvgIpc) is 1.81. The van der Waals surface area contributed by atoms with Gasteiger partial charge in [-0.3, -0.25) is 0 Å². The van der Waals surface area contributed by atoms with Crippen LogP contribution >= 0.6 is 0 Å².